The second-order valence-corrected chi connectivity index (χ2v) is 8.85. The van der Waals surface area contributed by atoms with E-state index in [1.54, 1.807) is 17.7 Å². The predicted molar refractivity (Wildman–Crippen MR) is 87.9 cm³/mol. The summed E-state index contributed by atoms with van der Waals surface area (Å²) in [7, 11) is -3.03. The van der Waals surface area contributed by atoms with Crippen molar-refractivity contribution >= 4 is 21.6 Å². The van der Waals surface area contributed by atoms with Gasteiger partial charge >= 0.3 is 0 Å². The number of amides is 1. The van der Waals surface area contributed by atoms with E-state index in [0.29, 0.717) is 18.2 Å². The summed E-state index contributed by atoms with van der Waals surface area (Å²) in [5.74, 6) is 1.12. The quantitative estimate of drug-likeness (QED) is 0.914. The van der Waals surface area contributed by atoms with Crippen LogP contribution >= 0.6 is 0 Å². The highest BCUT2D eigenvalue weighted by Gasteiger charge is 2.34. The SMILES string of the molecule is Cc1ccoc1C(=O)Nc1cc(C2CC2)nn1[C@@H]1CCS(=O)(=O)C1. The van der Waals surface area contributed by atoms with Crippen molar-refractivity contribution in [1.82, 2.24) is 9.78 Å². The largest absolute Gasteiger partial charge is 0.459 e. The molecule has 1 atom stereocenters. The molecule has 1 amide bonds. The van der Waals surface area contributed by atoms with Gasteiger partial charge in [0, 0.05) is 17.5 Å². The normalized spacial score (nSPS) is 22.6. The summed E-state index contributed by atoms with van der Waals surface area (Å²) in [6, 6.07) is 3.36. The highest BCUT2D eigenvalue weighted by Crippen LogP contribution is 2.41. The van der Waals surface area contributed by atoms with E-state index >= 15 is 0 Å². The van der Waals surface area contributed by atoms with Crippen LogP contribution in [0.3, 0.4) is 0 Å². The molecule has 2 aliphatic rings. The van der Waals surface area contributed by atoms with Gasteiger partial charge in [-0.2, -0.15) is 5.10 Å². The summed E-state index contributed by atoms with van der Waals surface area (Å²) < 4.78 is 30.5. The van der Waals surface area contributed by atoms with Crippen LogP contribution in [0.1, 0.15) is 53.0 Å². The number of carbonyl (C=O) groups is 1. The lowest BCUT2D eigenvalue weighted by Crippen LogP contribution is -2.19. The minimum atomic E-state index is -3.03. The number of hydrogen-bond acceptors (Lipinski definition) is 5. The van der Waals surface area contributed by atoms with Gasteiger partial charge in [0.15, 0.2) is 15.6 Å². The number of sulfone groups is 1. The molecule has 3 heterocycles. The minimum absolute atomic E-state index is 0.0709. The number of hydrogen-bond donors (Lipinski definition) is 1. The van der Waals surface area contributed by atoms with Crippen molar-refractivity contribution in [3.8, 4) is 0 Å². The lowest BCUT2D eigenvalue weighted by molar-refractivity contribution is 0.0994. The third-order valence-electron chi connectivity index (χ3n) is 4.61. The molecule has 4 rings (SSSR count). The first-order valence-corrected chi connectivity index (χ1v) is 9.90. The van der Waals surface area contributed by atoms with Gasteiger partial charge in [0.25, 0.3) is 5.91 Å². The van der Waals surface area contributed by atoms with Crippen molar-refractivity contribution in [2.75, 3.05) is 16.8 Å². The van der Waals surface area contributed by atoms with Crippen LogP contribution in [0.2, 0.25) is 0 Å². The number of nitrogens with zero attached hydrogens (tertiary/aromatic N) is 2. The molecule has 1 aliphatic heterocycles. The number of furan rings is 1. The number of aryl methyl sites for hydroxylation is 1. The third kappa shape index (κ3) is 2.86. The molecule has 0 radical (unpaired) electrons. The fourth-order valence-corrected chi connectivity index (χ4v) is 4.80. The van der Waals surface area contributed by atoms with E-state index in [9.17, 15) is 13.2 Å². The molecule has 0 aromatic carbocycles. The molecule has 1 saturated carbocycles. The monoisotopic (exact) mass is 349 g/mol. The van der Waals surface area contributed by atoms with E-state index < -0.39 is 9.84 Å². The van der Waals surface area contributed by atoms with Gasteiger partial charge in [0.2, 0.25) is 0 Å². The lowest BCUT2D eigenvalue weighted by Gasteiger charge is -2.13. The molecule has 128 valence electrons. The second kappa shape index (κ2) is 5.47. The van der Waals surface area contributed by atoms with Gasteiger partial charge in [-0.15, -0.1) is 0 Å². The molecule has 8 heteroatoms. The molecule has 0 unspecified atom stereocenters. The van der Waals surface area contributed by atoms with E-state index in [4.69, 9.17) is 4.42 Å². The molecule has 0 spiro atoms. The summed E-state index contributed by atoms with van der Waals surface area (Å²) in [5.41, 5.74) is 1.68. The highest BCUT2D eigenvalue weighted by molar-refractivity contribution is 7.91. The molecular weight excluding hydrogens is 330 g/mol. The van der Waals surface area contributed by atoms with E-state index in [0.717, 1.165) is 24.1 Å². The van der Waals surface area contributed by atoms with Crippen molar-refractivity contribution in [1.29, 1.82) is 0 Å². The Morgan fingerprint density at radius 2 is 2.17 bits per heavy atom. The summed E-state index contributed by atoms with van der Waals surface area (Å²) in [5, 5.41) is 7.42. The van der Waals surface area contributed by atoms with Crippen LogP contribution in [0.25, 0.3) is 0 Å². The summed E-state index contributed by atoms with van der Waals surface area (Å²) >= 11 is 0. The minimum Gasteiger partial charge on any atom is -0.459 e. The fourth-order valence-electron chi connectivity index (χ4n) is 3.11. The zero-order valence-electron chi connectivity index (χ0n) is 13.4. The molecular formula is C16H19N3O4S. The molecule has 1 N–H and O–H groups in total. The summed E-state index contributed by atoms with van der Waals surface area (Å²) in [4.78, 5) is 12.4. The van der Waals surface area contributed by atoms with Crippen LogP contribution in [0.4, 0.5) is 5.82 Å². The van der Waals surface area contributed by atoms with Crippen LogP contribution in [-0.4, -0.2) is 35.6 Å². The smallest absolute Gasteiger partial charge is 0.292 e. The van der Waals surface area contributed by atoms with Crippen LogP contribution in [0.15, 0.2) is 22.8 Å². The van der Waals surface area contributed by atoms with Gasteiger partial charge in [-0.25, -0.2) is 13.1 Å². The van der Waals surface area contributed by atoms with Gasteiger partial charge in [0.05, 0.1) is 29.5 Å². The molecule has 2 aromatic rings. The van der Waals surface area contributed by atoms with Crippen molar-refractivity contribution in [3.05, 3.63) is 35.4 Å². The molecule has 2 fully saturated rings. The molecule has 0 bridgehead atoms. The maximum Gasteiger partial charge on any atom is 0.292 e. The number of carbonyl (C=O) groups excluding carboxylic acids is 1. The average molecular weight is 349 g/mol. The second-order valence-electron chi connectivity index (χ2n) is 6.62. The topological polar surface area (TPSA) is 94.2 Å². The van der Waals surface area contributed by atoms with Crippen LogP contribution in [0, 0.1) is 6.92 Å². The van der Waals surface area contributed by atoms with E-state index in [1.807, 2.05) is 6.07 Å². The molecule has 1 saturated heterocycles. The Balaban J connectivity index is 1.64. The van der Waals surface area contributed by atoms with Crippen molar-refractivity contribution in [3.63, 3.8) is 0 Å². The van der Waals surface area contributed by atoms with Gasteiger partial charge in [0.1, 0.15) is 5.82 Å². The third-order valence-corrected chi connectivity index (χ3v) is 6.36. The van der Waals surface area contributed by atoms with E-state index in [1.165, 1.54) is 6.26 Å². The number of anilines is 1. The fraction of sp³-hybridized carbons (Fsp3) is 0.500. The highest BCUT2D eigenvalue weighted by atomic mass is 32.2. The number of aromatic nitrogens is 2. The molecule has 7 nitrogen and oxygen atoms in total. The van der Waals surface area contributed by atoms with Crippen LogP contribution in [-0.2, 0) is 9.84 Å². The standard InChI is InChI=1S/C16H19N3O4S/c1-10-4-6-23-15(10)16(20)17-14-8-13(11-2-3-11)18-19(14)12-5-7-24(21,22)9-12/h4,6,8,11-12H,2-3,5,7,9H2,1H3,(H,17,20)/t12-/m1/s1. The summed E-state index contributed by atoms with van der Waals surface area (Å²) in [6.45, 7) is 1.80. The van der Waals surface area contributed by atoms with Crippen LogP contribution in [0.5, 0.6) is 0 Å². The Morgan fingerprint density at radius 1 is 1.38 bits per heavy atom. The maximum atomic E-state index is 12.4. The van der Waals surface area contributed by atoms with Gasteiger partial charge < -0.3 is 9.73 Å². The molecule has 1 aliphatic carbocycles. The van der Waals surface area contributed by atoms with Gasteiger partial charge in [-0.1, -0.05) is 0 Å². The lowest BCUT2D eigenvalue weighted by atomic mass is 10.2. The Hall–Kier alpha value is -2.09. The van der Waals surface area contributed by atoms with Gasteiger partial charge in [-0.3, -0.25) is 4.79 Å². The van der Waals surface area contributed by atoms with Crippen LogP contribution < -0.4 is 5.32 Å². The van der Waals surface area contributed by atoms with E-state index in [2.05, 4.69) is 10.4 Å². The van der Waals surface area contributed by atoms with Gasteiger partial charge in [-0.05, 0) is 32.3 Å². The Bertz CT molecular complexity index is 892. The van der Waals surface area contributed by atoms with Crippen molar-refractivity contribution < 1.29 is 17.6 Å². The number of nitrogens with one attached hydrogen (secondary N) is 1. The zero-order valence-corrected chi connectivity index (χ0v) is 14.2. The first-order valence-electron chi connectivity index (χ1n) is 8.08. The van der Waals surface area contributed by atoms with Crippen molar-refractivity contribution in [2.24, 2.45) is 0 Å². The first-order chi connectivity index (χ1) is 11.4. The predicted octanol–water partition coefficient (Wildman–Crippen LogP) is 2.27. The Labute approximate surface area is 139 Å². The molecule has 24 heavy (non-hydrogen) atoms. The maximum absolute atomic E-state index is 12.4. The average Bonchev–Trinajstić information content (AvgIpc) is 2.98. The molecule has 2 aromatic heterocycles. The van der Waals surface area contributed by atoms with E-state index in [-0.39, 0.29) is 29.2 Å². The van der Waals surface area contributed by atoms with Crippen molar-refractivity contribution in [2.45, 2.75) is 38.1 Å². The Kier molecular flexibility index (Phi) is 3.52. The zero-order chi connectivity index (χ0) is 16.9. The summed E-state index contributed by atoms with van der Waals surface area (Å²) in [6.07, 6.45) is 4.17. The Morgan fingerprint density at radius 3 is 2.75 bits per heavy atom. The first kappa shape index (κ1) is 15.4. The number of rotatable bonds is 4.